The van der Waals surface area contributed by atoms with Crippen LogP contribution < -0.4 is 5.73 Å². The van der Waals surface area contributed by atoms with Gasteiger partial charge in [0.25, 0.3) is 0 Å². The molecule has 1 aromatic heterocycles. The molecule has 0 aromatic carbocycles. The standard InChI is InChI=1S/C11H18N2S/c1-8-10(6-3-7-12)14-11(13-8)9-4-2-5-9/h9H,2-7,12H2,1H3. The van der Waals surface area contributed by atoms with Gasteiger partial charge in [-0.3, -0.25) is 0 Å². The van der Waals surface area contributed by atoms with E-state index in [-0.39, 0.29) is 0 Å². The summed E-state index contributed by atoms with van der Waals surface area (Å²) >= 11 is 1.92. The van der Waals surface area contributed by atoms with Gasteiger partial charge in [0, 0.05) is 10.8 Å². The Balaban J connectivity index is 2.04. The van der Waals surface area contributed by atoms with E-state index in [0.717, 1.165) is 25.3 Å². The van der Waals surface area contributed by atoms with Crippen molar-refractivity contribution in [2.24, 2.45) is 5.73 Å². The van der Waals surface area contributed by atoms with Crippen molar-refractivity contribution >= 4 is 11.3 Å². The number of thiazole rings is 1. The summed E-state index contributed by atoms with van der Waals surface area (Å²) in [5.74, 6) is 0.783. The van der Waals surface area contributed by atoms with Crippen molar-refractivity contribution in [1.29, 1.82) is 0 Å². The molecule has 0 saturated heterocycles. The lowest BCUT2D eigenvalue weighted by Crippen LogP contribution is -2.07. The third-order valence-electron chi connectivity index (χ3n) is 2.97. The third-order valence-corrected chi connectivity index (χ3v) is 4.35. The van der Waals surface area contributed by atoms with Gasteiger partial charge in [0.15, 0.2) is 0 Å². The van der Waals surface area contributed by atoms with Gasteiger partial charge in [-0.15, -0.1) is 11.3 Å². The topological polar surface area (TPSA) is 38.9 Å². The van der Waals surface area contributed by atoms with Crippen molar-refractivity contribution in [2.75, 3.05) is 6.54 Å². The lowest BCUT2D eigenvalue weighted by Gasteiger charge is -2.22. The first-order valence-corrected chi connectivity index (χ1v) is 6.29. The summed E-state index contributed by atoms with van der Waals surface area (Å²) in [6.07, 6.45) is 6.30. The zero-order chi connectivity index (χ0) is 9.97. The first-order valence-electron chi connectivity index (χ1n) is 5.47. The second-order valence-corrected chi connectivity index (χ2v) is 5.20. The normalized spacial score (nSPS) is 17.0. The van der Waals surface area contributed by atoms with Gasteiger partial charge in [-0.1, -0.05) is 6.42 Å². The van der Waals surface area contributed by atoms with Crippen LogP contribution in [0, 0.1) is 6.92 Å². The van der Waals surface area contributed by atoms with E-state index in [9.17, 15) is 0 Å². The van der Waals surface area contributed by atoms with Gasteiger partial charge in [-0.2, -0.15) is 0 Å². The van der Waals surface area contributed by atoms with Crippen molar-refractivity contribution in [3.8, 4) is 0 Å². The number of nitrogens with zero attached hydrogens (tertiary/aromatic N) is 1. The van der Waals surface area contributed by atoms with Crippen molar-refractivity contribution in [3.05, 3.63) is 15.6 Å². The first kappa shape index (κ1) is 10.1. The quantitative estimate of drug-likeness (QED) is 0.829. The minimum atomic E-state index is 0.783. The van der Waals surface area contributed by atoms with Gasteiger partial charge in [-0.05, 0) is 39.2 Å². The van der Waals surface area contributed by atoms with Crippen LogP contribution >= 0.6 is 11.3 Å². The molecule has 1 aliphatic carbocycles. The van der Waals surface area contributed by atoms with Crippen LogP contribution in [-0.2, 0) is 6.42 Å². The highest BCUT2D eigenvalue weighted by Crippen LogP contribution is 2.39. The van der Waals surface area contributed by atoms with E-state index in [1.807, 2.05) is 11.3 Å². The zero-order valence-corrected chi connectivity index (χ0v) is 9.57. The molecular weight excluding hydrogens is 192 g/mol. The van der Waals surface area contributed by atoms with Crippen molar-refractivity contribution < 1.29 is 0 Å². The van der Waals surface area contributed by atoms with Crippen LogP contribution in [0.2, 0.25) is 0 Å². The van der Waals surface area contributed by atoms with Gasteiger partial charge in [-0.25, -0.2) is 4.98 Å². The molecule has 0 atom stereocenters. The molecule has 2 nitrogen and oxygen atoms in total. The van der Waals surface area contributed by atoms with Gasteiger partial charge in [0.05, 0.1) is 10.7 Å². The molecule has 0 unspecified atom stereocenters. The molecule has 2 N–H and O–H groups in total. The SMILES string of the molecule is Cc1nc(C2CCC2)sc1CCCN. The Morgan fingerprint density at radius 2 is 2.29 bits per heavy atom. The smallest absolute Gasteiger partial charge is 0.0961 e. The number of aromatic nitrogens is 1. The summed E-state index contributed by atoms with van der Waals surface area (Å²) in [5.41, 5.74) is 6.76. The minimum Gasteiger partial charge on any atom is -0.330 e. The van der Waals surface area contributed by atoms with Crippen LogP contribution in [0.25, 0.3) is 0 Å². The lowest BCUT2D eigenvalue weighted by molar-refractivity contribution is 0.418. The highest BCUT2D eigenvalue weighted by atomic mass is 32.1. The second-order valence-electron chi connectivity index (χ2n) is 4.08. The highest BCUT2D eigenvalue weighted by Gasteiger charge is 2.23. The van der Waals surface area contributed by atoms with Crippen LogP contribution in [0.4, 0.5) is 0 Å². The molecule has 1 fully saturated rings. The monoisotopic (exact) mass is 210 g/mol. The van der Waals surface area contributed by atoms with Gasteiger partial charge >= 0.3 is 0 Å². The molecule has 1 heterocycles. The Morgan fingerprint density at radius 1 is 1.50 bits per heavy atom. The van der Waals surface area contributed by atoms with Crippen molar-refractivity contribution in [1.82, 2.24) is 4.98 Å². The van der Waals surface area contributed by atoms with E-state index in [4.69, 9.17) is 5.73 Å². The number of rotatable bonds is 4. The summed E-state index contributed by atoms with van der Waals surface area (Å²) in [4.78, 5) is 6.12. The van der Waals surface area contributed by atoms with Crippen LogP contribution in [0.15, 0.2) is 0 Å². The average molecular weight is 210 g/mol. The van der Waals surface area contributed by atoms with E-state index in [1.165, 1.54) is 34.8 Å². The molecule has 1 saturated carbocycles. The largest absolute Gasteiger partial charge is 0.330 e. The second kappa shape index (κ2) is 4.41. The fraction of sp³-hybridized carbons (Fsp3) is 0.727. The van der Waals surface area contributed by atoms with Gasteiger partial charge in [0.1, 0.15) is 0 Å². The van der Waals surface area contributed by atoms with E-state index >= 15 is 0 Å². The van der Waals surface area contributed by atoms with Gasteiger partial charge < -0.3 is 5.73 Å². The van der Waals surface area contributed by atoms with Crippen LogP contribution in [0.5, 0.6) is 0 Å². The summed E-state index contributed by atoms with van der Waals surface area (Å²) in [7, 11) is 0. The maximum atomic E-state index is 5.51. The van der Waals surface area contributed by atoms with E-state index in [0.29, 0.717) is 0 Å². The molecule has 0 spiro atoms. The summed E-state index contributed by atoms with van der Waals surface area (Å²) in [5, 5.41) is 1.38. The zero-order valence-electron chi connectivity index (χ0n) is 8.75. The molecule has 2 rings (SSSR count). The molecule has 1 aliphatic rings. The lowest BCUT2D eigenvalue weighted by atomic mass is 9.86. The summed E-state index contributed by atoms with van der Waals surface area (Å²) in [6.45, 7) is 2.92. The Morgan fingerprint density at radius 3 is 2.86 bits per heavy atom. The summed E-state index contributed by atoms with van der Waals surface area (Å²) < 4.78 is 0. The predicted molar refractivity (Wildman–Crippen MR) is 60.8 cm³/mol. The van der Waals surface area contributed by atoms with Crippen molar-refractivity contribution in [3.63, 3.8) is 0 Å². The molecular formula is C11H18N2S. The van der Waals surface area contributed by atoms with Gasteiger partial charge in [0.2, 0.25) is 0 Å². The molecule has 14 heavy (non-hydrogen) atoms. The number of aryl methyl sites for hydroxylation is 2. The number of hydrogen-bond donors (Lipinski definition) is 1. The highest BCUT2D eigenvalue weighted by molar-refractivity contribution is 7.11. The predicted octanol–water partition coefficient (Wildman–Crippen LogP) is 2.61. The Bertz CT molecular complexity index is 302. The van der Waals surface area contributed by atoms with Crippen LogP contribution in [-0.4, -0.2) is 11.5 Å². The minimum absolute atomic E-state index is 0.783. The maximum absolute atomic E-state index is 5.51. The molecule has 0 amide bonds. The van der Waals surface area contributed by atoms with Crippen LogP contribution in [0.1, 0.15) is 47.2 Å². The Kier molecular flexibility index (Phi) is 3.19. The Hall–Kier alpha value is -0.410. The average Bonchev–Trinajstić information content (AvgIpc) is 2.40. The third kappa shape index (κ3) is 1.98. The molecule has 78 valence electrons. The number of hydrogen-bond acceptors (Lipinski definition) is 3. The Labute approximate surface area is 89.5 Å². The first-order chi connectivity index (χ1) is 6.81. The molecule has 0 radical (unpaired) electrons. The van der Waals surface area contributed by atoms with Crippen molar-refractivity contribution in [2.45, 2.75) is 44.9 Å². The fourth-order valence-electron chi connectivity index (χ4n) is 1.77. The molecule has 0 bridgehead atoms. The molecule has 1 aromatic rings. The van der Waals surface area contributed by atoms with E-state index in [2.05, 4.69) is 11.9 Å². The van der Waals surface area contributed by atoms with E-state index in [1.54, 1.807) is 0 Å². The van der Waals surface area contributed by atoms with Crippen LogP contribution in [0.3, 0.4) is 0 Å². The fourth-order valence-corrected chi connectivity index (χ4v) is 3.05. The maximum Gasteiger partial charge on any atom is 0.0961 e. The number of nitrogens with two attached hydrogens (primary N) is 1. The van der Waals surface area contributed by atoms with E-state index < -0.39 is 0 Å². The molecule has 0 aliphatic heterocycles. The molecule has 3 heteroatoms. The summed E-state index contributed by atoms with van der Waals surface area (Å²) in [6, 6.07) is 0.